The van der Waals surface area contributed by atoms with Crippen molar-refractivity contribution in [2.45, 2.75) is 38.5 Å². The van der Waals surface area contributed by atoms with E-state index in [1.165, 1.54) is 0 Å². The molecule has 0 heterocycles. The Morgan fingerprint density at radius 3 is 2.52 bits per heavy atom. The van der Waals surface area contributed by atoms with Gasteiger partial charge in [-0.25, -0.2) is 0 Å². The van der Waals surface area contributed by atoms with Crippen LogP contribution in [0.2, 0.25) is 5.02 Å². The second kappa shape index (κ2) is 6.96. The largest absolute Gasteiger partial charge is 0.481 e. The Kier molecular flexibility index (Phi) is 5.48. The van der Waals surface area contributed by atoms with Crippen LogP contribution < -0.4 is 5.32 Å². The molecule has 0 spiro atoms. The highest BCUT2D eigenvalue weighted by Gasteiger charge is 2.41. The molecule has 114 valence electrons. The van der Waals surface area contributed by atoms with Gasteiger partial charge in [0, 0.05) is 15.0 Å². The van der Waals surface area contributed by atoms with E-state index in [0.717, 1.165) is 22.8 Å². The Hall–Kier alpha value is -0.820. The summed E-state index contributed by atoms with van der Waals surface area (Å²) in [6.07, 6.45) is 3.98. The second-order valence-electron chi connectivity index (χ2n) is 5.50. The normalized spacial score (nSPS) is 17.2. The maximum absolute atomic E-state index is 12.2. The summed E-state index contributed by atoms with van der Waals surface area (Å²) in [6, 6.07) is 5.19. The number of carboxylic acids is 1. The van der Waals surface area contributed by atoms with Crippen LogP contribution in [0, 0.1) is 8.99 Å². The van der Waals surface area contributed by atoms with Crippen LogP contribution in [0.3, 0.4) is 0 Å². The minimum Gasteiger partial charge on any atom is -0.481 e. The van der Waals surface area contributed by atoms with Gasteiger partial charge in [-0.2, -0.15) is 0 Å². The molecule has 0 saturated heterocycles. The van der Waals surface area contributed by atoms with E-state index >= 15 is 0 Å². The average Bonchev–Trinajstić information content (AvgIpc) is 2.43. The van der Waals surface area contributed by atoms with E-state index in [-0.39, 0.29) is 12.3 Å². The topological polar surface area (TPSA) is 66.4 Å². The molecule has 4 nitrogen and oxygen atoms in total. The number of amides is 1. The van der Waals surface area contributed by atoms with Gasteiger partial charge in [0.05, 0.1) is 11.1 Å². The Morgan fingerprint density at radius 2 is 1.95 bits per heavy atom. The number of anilines is 1. The van der Waals surface area contributed by atoms with Crippen LogP contribution in [-0.2, 0) is 9.59 Å². The van der Waals surface area contributed by atoms with Crippen LogP contribution in [0.1, 0.15) is 38.5 Å². The van der Waals surface area contributed by atoms with Crippen LogP contribution in [0.5, 0.6) is 0 Å². The Labute approximate surface area is 142 Å². The molecule has 0 aliphatic heterocycles. The van der Waals surface area contributed by atoms with Gasteiger partial charge in [0.2, 0.25) is 5.91 Å². The van der Waals surface area contributed by atoms with Crippen LogP contribution in [-0.4, -0.2) is 17.0 Å². The summed E-state index contributed by atoms with van der Waals surface area (Å²) in [6.45, 7) is 0. The first-order chi connectivity index (χ1) is 9.93. The van der Waals surface area contributed by atoms with Crippen molar-refractivity contribution in [3.63, 3.8) is 0 Å². The zero-order valence-corrected chi connectivity index (χ0v) is 14.4. The predicted molar refractivity (Wildman–Crippen MR) is 90.6 cm³/mol. The third-order valence-corrected chi connectivity index (χ3v) is 5.10. The summed E-state index contributed by atoms with van der Waals surface area (Å²) < 4.78 is 0.835. The summed E-state index contributed by atoms with van der Waals surface area (Å²) in [4.78, 5) is 23.8. The average molecular weight is 422 g/mol. The number of hydrogen-bond donors (Lipinski definition) is 2. The van der Waals surface area contributed by atoms with Crippen molar-refractivity contribution < 1.29 is 14.7 Å². The second-order valence-corrected chi connectivity index (χ2v) is 7.09. The van der Waals surface area contributed by atoms with Crippen molar-refractivity contribution in [1.82, 2.24) is 0 Å². The molecule has 6 heteroatoms. The molecule has 0 radical (unpaired) electrons. The molecule has 0 bridgehead atoms. The zero-order chi connectivity index (χ0) is 15.5. The van der Waals surface area contributed by atoms with Crippen molar-refractivity contribution in [2.24, 2.45) is 5.41 Å². The molecule has 1 aromatic carbocycles. The monoisotopic (exact) mass is 421 g/mol. The van der Waals surface area contributed by atoms with E-state index in [1.807, 2.05) is 0 Å². The number of hydrogen-bond acceptors (Lipinski definition) is 2. The fraction of sp³-hybridized carbons (Fsp3) is 0.467. The van der Waals surface area contributed by atoms with Crippen molar-refractivity contribution in [3.05, 3.63) is 26.8 Å². The minimum absolute atomic E-state index is 0.0288. The molecule has 1 amide bonds. The highest BCUT2D eigenvalue weighted by molar-refractivity contribution is 14.1. The summed E-state index contributed by atoms with van der Waals surface area (Å²) in [7, 11) is 0. The highest BCUT2D eigenvalue weighted by Crippen LogP contribution is 2.40. The maximum atomic E-state index is 12.2. The first-order valence-electron chi connectivity index (χ1n) is 6.91. The predicted octanol–water partition coefficient (Wildman–Crippen LogP) is 4.31. The van der Waals surface area contributed by atoms with Crippen LogP contribution in [0.15, 0.2) is 18.2 Å². The Bertz CT molecular complexity index is 556. The van der Waals surface area contributed by atoms with Crippen LogP contribution >= 0.6 is 34.2 Å². The lowest BCUT2D eigenvalue weighted by Crippen LogP contribution is -2.37. The molecule has 1 fully saturated rings. The van der Waals surface area contributed by atoms with Gasteiger partial charge in [0.25, 0.3) is 0 Å². The van der Waals surface area contributed by atoms with Gasteiger partial charge in [-0.1, -0.05) is 30.9 Å². The van der Waals surface area contributed by atoms with Crippen molar-refractivity contribution >= 4 is 51.8 Å². The molecule has 1 aliphatic carbocycles. The molecule has 1 saturated carbocycles. The first-order valence-corrected chi connectivity index (χ1v) is 8.37. The first kappa shape index (κ1) is 16.5. The minimum atomic E-state index is -0.903. The van der Waals surface area contributed by atoms with Gasteiger partial charge < -0.3 is 10.4 Å². The van der Waals surface area contributed by atoms with Crippen LogP contribution in [0.4, 0.5) is 5.69 Å². The quantitative estimate of drug-likeness (QED) is 0.712. The lowest BCUT2D eigenvalue weighted by molar-refractivity contribution is -0.153. The number of rotatable bonds is 4. The van der Waals surface area contributed by atoms with Crippen molar-refractivity contribution in [3.8, 4) is 0 Å². The van der Waals surface area contributed by atoms with Gasteiger partial charge in [0.15, 0.2) is 0 Å². The number of carboxylic acid groups (broad SMARTS) is 1. The molecular formula is C15H17ClINO3. The SMILES string of the molecule is O=C(CC1(C(=O)O)CCCCC1)Nc1ccc(Cl)cc1I. The lowest BCUT2D eigenvalue weighted by atomic mass is 9.71. The van der Waals surface area contributed by atoms with Gasteiger partial charge >= 0.3 is 5.97 Å². The number of carbonyl (C=O) groups excluding carboxylic acids is 1. The van der Waals surface area contributed by atoms with Crippen molar-refractivity contribution in [1.29, 1.82) is 0 Å². The molecule has 0 atom stereocenters. The Balaban J connectivity index is 2.07. The Morgan fingerprint density at radius 1 is 1.29 bits per heavy atom. The van der Waals surface area contributed by atoms with Gasteiger partial charge in [0.1, 0.15) is 0 Å². The van der Waals surface area contributed by atoms with Gasteiger partial charge in [-0.05, 0) is 53.6 Å². The fourth-order valence-corrected chi connectivity index (χ4v) is 3.79. The summed E-state index contributed by atoms with van der Waals surface area (Å²) in [5.41, 5.74) is -0.235. The number of nitrogens with one attached hydrogen (secondary N) is 1. The third-order valence-electron chi connectivity index (χ3n) is 3.97. The lowest BCUT2D eigenvalue weighted by Gasteiger charge is -2.32. The maximum Gasteiger partial charge on any atom is 0.310 e. The van der Waals surface area contributed by atoms with E-state index in [0.29, 0.717) is 23.6 Å². The van der Waals surface area contributed by atoms with E-state index in [2.05, 4.69) is 27.9 Å². The molecule has 1 aromatic rings. The summed E-state index contributed by atoms with van der Waals surface area (Å²) in [5.74, 6) is -1.11. The molecule has 21 heavy (non-hydrogen) atoms. The van der Waals surface area contributed by atoms with E-state index in [4.69, 9.17) is 11.6 Å². The summed E-state index contributed by atoms with van der Waals surface area (Å²) >= 11 is 7.97. The number of carbonyl (C=O) groups is 2. The highest BCUT2D eigenvalue weighted by atomic mass is 127. The fourth-order valence-electron chi connectivity index (χ4n) is 2.79. The zero-order valence-electron chi connectivity index (χ0n) is 11.5. The molecule has 2 rings (SSSR count). The summed E-state index contributed by atoms with van der Waals surface area (Å²) in [5, 5.41) is 12.9. The number of benzene rings is 1. The van der Waals surface area contributed by atoms with E-state index in [1.54, 1.807) is 18.2 Å². The van der Waals surface area contributed by atoms with E-state index in [9.17, 15) is 14.7 Å². The number of halogens is 2. The van der Waals surface area contributed by atoms with Gasteiger partial charge in [-0.15, -0.1) is 0 Å². The number of aliphatic carboxylic acids is 1. The third kappa shape index (κ3) is 4.10. The van der Waals surface area contributed by atoms with Crippen molar-refractivity contribution in [2.75, 3.05) is 5.32 Å². The molecule has 1 aliphatic rings. The molecule has 0 unspecified atom stereocenters. The van der Waals surface area contributed by atoms with Gasteiger partial charge in [-0.3, -0.25) is 9.59 Å². The molecule has 0 aromatic heterocycles. The van der Waals surface area contributed by atoms with Crippen LogP contribution in [0.25, 0.3) is 0 Å². The smallest absolute Gasteiger partial charge is 0.310 e. The standard InChI is InChI=1S/C15H17ClINO3/c16-10-4-5-12(11(17)8-10)18-13(19)9-15(14(20)21)6-2-1-3-7-15/h4-5,8H,1-3,6-7,9H2,(H,18,19)(H,20,21). The molecular weight excluding hydrogens is 405 g/mol. The molecule has 2 N–H and O–H groups in total. The van der Waals surface area contributed by atoms with E-state index < -0.39 is 11.4 Å².